The molecule has 0 aliphatic carbocycles. The molecular formula is C17H14N4O. The lowest BCUT2D eigenvalue weighted by molar-refractivity contribution is 0.623. The minimum atomic E-state index is 0.469. The molecule has 5 heteroatoms. The predicted molar refractivity (Wildman–Crippen MR) is 85.6 cm³/mol. The van der Waals surface area contributed by atoms with E-state index in [1.807, 2.05) is 66.2 Å². The zero-order valence-electron chi connectivity index (χ0n) is 12.0. The summed E-state index contributed by atoms with van der Waals surface area (Å²) in [7, 11) is 0. The molecule has 0 aliphatic rings. The highest BCUT2D eigenvalue weighted by molar-refractivity contribution is 5.75. The highest BCUT2D eigenvalue weighted by Crippen LogP contribution is 2.24. The van der Waals surface area contributed by atoms with Gasteiger partial charge in [0.25, 0.3) is 6.01 Å². The average Bonchev–Trinajstić information content (AvgIpc) is 3.12. The summed E-state index contributed by atoms with van der Waals surface area (Å²) < 4.78 is 7.56. The SMILES string of the molecule is Cc1c(Nc2nc3ccccc3o2)cnn1-c1ccccc1. The van der Waals surface area contributed by atoms with Crippen LogP contribution in [0.4, 0.5) is 11.7 Å². The fourth-order valence-electron chi connectivity index (χ4n) is 2.40. The van der Waals surface area contributed by atoms with Gasteiger partial charge in [0, 0.05) is 0 Å². The molecule has 2 aromatic carbocycles. The van der Waals surface area contributed by atoms with Gasteiger partial charge in [-0.15, -0.1) is 0 Å². The van der Waals surface area contributed by atoms with Gasteiger partial charge in [0.05, 0.1) is 23.3 Å². The maximum Gasteiger partial charge on any atom is 0.300 e. The fraction of sp³-hybridized carbons (Fsp3) is 0.0588. The Morgan fingerprint density at radius 2 is 1.77 bits per heavy atom. The Labute approximate surface area is 127 Å². The Morgan fingerprint density at radius 1 is 1.00 bits per heavy atom. The molecular weight excluding hydrogens is 276 g/mol. The quantitative estimate of drug-likeness (QED) is 0.618. The molecule has 0 amide bonds. The number of rotatable bonds is 3. The summed E-state index contributed by atoms with van der Waals surface area (Å²) in [5, 5.41) is 7.61. The first-order valence-electron chi connectivity index (χ1n) is 7.04. The number of benzene rings is 2. The van der Waals surface area contributed by atoms with E-state index in [2.05, 4.69) is 15.4 Å². The molecule has 0 spiro atoms. The van der Waals surface area contributed by atoms with E-state index in [-0.39, 0.29) is 0 Å². The largest absolute Gasteiger partial charge is 0.423 e. The van der Waals surface area contributed by atoms with Crippen LogP contribution >= 0.6 is 0 Å². The van der Waals surface area contributed by atoms with Gasteiger partial charge in [-0.05, 0) is 31.2 Å². The van der Waals surface area contributed by atoms with Crippen molar-refractivity contribution in [1.82, 2.24) is 14.8 Å². The van der Waals surface area contributed by atoms with Crippen molar-refractivity contribution >= 4 is 22.8 Å². The lowest BCUT2D eigenvalue weighted by Gasteiger charge is -2.05. The van der Waals surface area contributed by atoms with Gasteiger partial charge in [-0.1, -0.05) is 30.3 Å². The molecule has 0 fully saturated rings. The molecule has 4 aromatic rings. The Balaban J connectivity index is 1.68. The number of anilines is 2. The van der Waals surface area contributed by atoms with E-state index in [4.69, 9.17) is 4.42 Å². The third kappa shape index (κ3) is 2.13. The van der Waals surface area contributed by atoms with E-state index in [0.717, 1.165) is 28.2 Å². The molecule has 22 heavy (non-hydrogen) atoms. The standard InChI is InChI=1S/C17H14N4O/c1-12-15(11-18-21(12)13-7-3-2-4-8-13)20-17-19-14-9-5-6-10-16(14)22-17/h2-11H,1H3,(H,19,20). The summed E-state index contributed by atoms with van der Waals surface area (Å²) in [5.41, 5.74) is 4.48. The van der Waals surface area contributed by atoms with E-state index in [1.54, 1.807) is 6.20 Å². The number of oxazole rings is 1. The summed E-state index contributed by atoms with van der Waals surface area (Å²) in [6, 6.07) is 18.2. The van der Waals surface area contributed by atoms with Crippen LogP contribution in [0.15, 0.2) is 65.2 Å². The average molecular weight is 290 g/mol. The van der Waals surface area contributed by atoms with Crippen molar-refractivity contribution in [1.29, 1.82) is 0 Å². The van der Waals surface area contributed by atoms with Crippen LogP contribution in [-0.4, -0.2) is 14.8 Å². The maximum atomic E-state index is 5.68. The van der Waals surface area contributed by atoms with Crippen LogP contribution in [0.25, 0.3) is 16.8 Å². The Hall–Kier alpha value is -3.08. The molecule has 0 radical (unpaired) electrons. The predicted octanol–water partition coefficient (Wildman–Crippen LogP) is 4.07. The highest BCUT2D eigenvalue weighted by Gasteiger charge is 2.11. The summed E-state index contributed by atoms with van der Waals surface area (Å²) in [6.07, 6.45) is 1.78. The van der Waals surface area contributed by atoms with E-state index < -0.39 is 0 Å². The molecule has 2 heterocycles. The second-order valence-corrected chi connectivity index (χ2v) is 5.00. The Morgan fingerprint density at radius 3 is 2.59 bits per heavy atom. The molecule has 1 N–H and O–H groups in total. The van der Waals surface area contributed by atoms with E-state index in [1.165, 1.54) is 0 Å². The Bertz CT molecular complexity index is 891. The number of nitrogens with zero attached hydrogens (tertiary/aromatic N) is 3. The normalized spacial score (nSPS) is 11.0. The van der Waals surface area contributed by atoms with Gasteiger partial charge in [0.15, 0.2) is 5.58 Å². The topological polar surface area (TPSA) is 55.9 Å². The van der Waals surface area contributed by atoms with Crippen LogP contribution in [0.1, 0.15) is 5.69 Å². The van der Waals surface area contributed by atoms with Crippen LogP contribution in [0.3, 0.4) is 0 Å². The molecule has 0 atom stereocenters. The second-order valence-electron chi connectivity index (χ2n) is 5.00. The lowest BCUT2D eigenvalue weighted by Crippen LogP contribution is -1.99. The summed E-state index contributed by atoms with van der Waals surface area (Å²) in [6.45, 7) is 2.00. The van der Waals surface area contributed by atoms with Gasteiger partial charge >= 0.3 is 0 Å². The Kier molecular flexibility index (Phi) is 2.89. The second kappa shape index (κ2) is 5.04. The van der Waals surface area contributed by atoms with Gasteiger partial charge in [0.1, 0.15) is 5.52 Å². The van der Waals surface area contributed by atoms with Gasteiger partial charge < -0.3 is 9.73 Å². The van der Waals surface area contributed by atoms with Crippen molar-refractivity contribution in [2.75, 3.05) is 5.32 Å². The first-order valence-corrected chi connectivity index (χ1v) is 7.04. The van der Waals surface area contributed by atoms with Crippen molar-refractivity contribution in [2.24, 2.45) is 0 Å². The smallest absolute Gasteiger partial charge is 0.300 e. The van der Waals surface area contributed by atoms with Gasteiger partial charge in [0.2, 0.25) is 0 Å². The number of nitrogens with one attached hydrogen (secondary N) is 1. The van der Waals surface area contributed by atoms with Crippen LogP contribution < -0.4 is 5.32 Å². The van der Waals surface area contributed by atoms with E-state index in [9.17, 15) is 0 Å². The molecule has 0 bridgehead atoms. The molecule has 2 aromatic heterocycles. The van der Waals surface area contributed by atoms with Crippen molar-refractivity contribution in [3.05, 3.63) is 66.5 Å². The van der Waals surface area contributed by atoms with E-state index in [0.29, 0.717) is 6.01 Å². The summed E-state index contributed by atoms with van der Waals surface area (Å²) >= 11 is 0. The number of hydrogen-bond donors (Lipinski definition) is 1. The van der Waals surface area contributed by atoms with Crippen molar-refractivity contribution in [3.63, 3.8) is 0 Å². The molecule has 5 nitrogen and oxygen atoms in total. The third-order valence-electron chi connectivity index (χ3n) is 3.55. The molecule has 108 valence electrons. The molecule has 0 unspecified atom stereocenters. The zero-order valence-corrected chi connectivity index (χ0v) is 12.0. The van der Waals surface area contributed by atoms with Crippen LogP contribution in [0.5, 0.6) is 0 Å². The number of fused-ring (bicyclic) bond motifs is 1. The number of para-hydroxylation sites is 3. The fourth-order valence-corrected chi connectivity index (χ4v) is 2.40. The lowest BCUT2D eigenvalue weighted by atomic mass is 10.3. The minimum Gasteiger partial charge on any atom is -0.423 e. The first-order chi connectivity index (χ1) is 10.8. The monoisotopic (exact) mass is 290 g/mol. The zero-order chi connectivity index (χ0) is 14.9. The van der Waals surface area contributed by atoms with Crippen molar-refractivity contribution < 1.29 is 4.42 Å². The molecule has 0 saturated heterocycles. The number of hydrogen-bond acceptors (Lipinski definition) is 4. The molecule has 4 rings (SSSR count). The van der Waals surface area contributed by atoms with Gasteiger partial charge in [-0.2, -0.15) is 10.1 Å². The number of aromatic nitrogens is 3. The first kappa shape index (κ1) is 12.6. The highest BCUT2D eigenvalue weighted by atomic mass is 16.4. The third-order valence-corrected chi connectivity index (χ3v) is 3.55. The molecule has 0 aliphatic heterocycles. The van der Waals surface area contributed by atoms with Crippen molar-refractivity contribution in [2.45, 2.75) is 6.92 Å². The van der Waals surface area contributed by atoms with Gasteiger partial charge in [-0.3, -0.25) is 0 Å². The summed E-state index contributed by atoms with van der Waals surface area (Å²) in [4.78, 5) is 4.42. The maximum absolute atomic E-state index is 5.68. The summed E-state index contributed by atoms with van der Waals surface area (Å²) in [5.74, 6) is 0. The molecule has 0 saturated carbocycles. The van der Waals surface area contributed by atoms with Gasteiger partial charge in [-0.25, -0.2) is 4.68 Å². The van der Waals surface area contributed by atoms with E-state index >= 15 is 0 Å². The van der Waals surface area contributed by atoms with Crippen molar-refractivity contribution in [3.8, 4) is 5.69 Å². The minimum absolute atomic E-state index is 0.469. The van der Waals surface area contributed by atoms with Crippen LogP contribution in [0, 0.1) is 6.92 Å². The van der Waals surface area contributed by atoms with Crippen LogP contribution in [0.2, 0.25) is 0 Å². The van der Waals surface area contributed by atoms with Crippen LogP contribution in [-0.2, 0) is 0 Å².